The fourth-order valence-corrected chi connectivity index (χ4v) is 2.28. The smallest absolute Gasteiger partial charge is 0.199 e. The molecule has 0 amide bonds. The lowest BCUT2D eigenvalue weighted by molar-refractivity contribution is 1.17. The minimum Gasteiger partial charge on any atom is -0.258 e. The van der Waals surface area contributed by atoms with E-state index in [0.29, 0.717) is 0 Å². The lowest BCUT2D eigenvalue weighted by atomic mass is 10.1. The highest BCUT2D eigenvalue weighted by Gasteiger charge is 2.11. The van der Waals surface area contributed by atoms with E-state index in [1.807, 2.05) is 37.3 Å². The highest BCUT2D eigenvalue weighted by molar-refractivity contribution is 7.16. The third-order valence-electron chi connectivity index (χ3n) is 2.27. The Kier molecular flexibility index (Phi) is 2.88. The molecule has 0 unspecified atom stereocenters. The Hall–Kier alpha value is -1.86. The molecule has 3 nitrogen and oxygen atoms in total. The normalized spacial score (nSPS) is 9.81. The number of benzene rings is 1. The molecular weight excluding hydrogens is 218 g/mol. The van der Waals surface area contributed by atoms with Crippen LogP contribution in [0.2, 0.25) is 0 Å². The Morgan fingerprint density at radius 3 is 2.62 bits per heavy atom. The maximum atomic E-state index is 8.80. The van der Waals surface area contributed by atoms with Crippen molar-refractivity contribution in [2.75, 3.05) is 11.9 Å². The molecule has 0 fully saturated rings. The number of anilines is 1. The van der Waals surface area contributed by atoms with E-state index in [4.69, 9.17) is 5.26 Å². The second-order valence-electron chi connectivity index (χ2n) is 3.43. The van der Waals surface area contributed by atoms with Gasteiger partial charge in [0.05, 0.1) is 5.69 Å². The van der Waals surface area contributed by atoms with Crippen molar-refractivity contribution in [3.63, 3.8) is 0 Å². The van der Waals surface area contributed by atoms with Gasteiger partial charge in [0.1, 0.15) is 0 Å². The first kappa shape index (κ1) is 10.7. The predicted molar refractivity (Wildman–Crippen MR) is 66.3 cm³/mol. The Morgan fingerprint density at radius 2 is 2.00 bits per heavy atom. The number of nitrogens with zero attached hydrogens (tertiary/aromatic N) is 3. The van der Waals surface area contributed by atoms with Crippen LogP contribution in [0.15, 0.2) is 30.3 Å². The molecule has 1 aromatic heterocycles. The van der Waals surface area contributed by atoms with Gasteiger partial charge < -0.3 is 0 Å². The van der Waals surface area contributed by atoms with Crippen LogP contribution in [-0.2, 0) is 0 Å². The van der Waals surface area contributed by atoms with Crippen LogP contribution in [0.3, 0.4) is 0 Å². The van der Waals surface area contributed by atoms with E-state index in [-0.39, 0.29) is 0 Å². The molecular formula is C12H11N3S. The second-order valence-corrected chi connectivity index (χ2v) is 4.61. The van der Waals surface area contributed by atoms with E-state index < -0.39 is 0 Å². The first-order valence-corrected chi connectivity index (χ1v) is 5.70. The zero-order valence-electron chi connectivity index (χ0n) is 9.14. The van der Waals surface area contributed by atoms with Crippen molar-refractivity contribution in [2.45, 2.75) is 6.92 Å². The largest absolute Gasteiger partial charge is 0.258 e. The number of hydrogen-bond donors (Lipinski definition) is 0. The maximum Gasteiger partial charge on any atom is 0.199 e. The van der Waals surface area contributed by atoms with Gasteiger partial charge in [0.25, 0.3) is 0 Å². The molecule has 0 N–H and O–H groups in total. The summed E-state index contributed by atoms with van der Waals surface area (Å²) in [6.07, 6.45) is 2.05. The topological polar surface area (TPSA) is 39.9 Å². The number of rotatable bonds is 2. The number of aryl methyl sites for hydroxylation is 1. The highest BCUT2D eigenvalue weighted by atomic mass is 32.1. The van der Waals surface area contributed by atoms with Crippen molar-refractivity contribution >= 4 is 16.5 Å². The van der Waals surface area contributed by atoms with Crippen LogP contribution in [0.1, 0.15) is 4.88 Å². The molecule has 0 spiro atoms. The van der Waals surface area contributed by atoms with Gasteiger partial charge in [0.2, 0.25) is 0 Å². The third-order valence-corrected chi connectivity index (χ3v) is 3.32. The molecule has 0 saturated heterocycles. The van der Waals surface area contributed by atoms with Crippen molar-refractivity contribution in [1.29, 1.82) is 5.26 Å². The number of nitriles is 1. The van der Waals surface area contributed by atoms with Crippen LogP contribution in [0.4, 0.5) is 5.13 Å². The lowest BCUT2D eigenvalue weighted by Crippen LogP contribution is -2.07. The fourth-order valence-electron chi connectivity index (χ4n) is 1.43. The van der Waals surface area contributed by atoms with Gasteiger partial charge >= 0.3 is 0 Å². The zero-order chi connectivity index (χ0) is 11.5. The first-order valence-electron chi connectivity index (χ1n) is 4.88. The van der Waals surface area contributed by atoms with Gasteiger partial charge in [-0.3, -0.25) is 4.90 Å². The molecule has 1 heterocycles. The summed E-state index contributed by atoms with van der Waals surface area (Å²) in [6.45, 7) is 2.02. The molecule has 2 rings (SSSR count). The molecule has 0 aliphatic heterocycles. The third kappa shape index (κ3) is 1.90. The summed E-state index contributed by atoms with van der Waals surface area (Å²) in [5.41, 5.74) is 2.05. The van der Waals surface area contributed by atoms with E-state index in [9.17, 15) is 0 Å². The zero-order valence-corrected chi connectivity index (χ0v) is 9.95. The van der Waals surface area contributed by atoms with Crippen LogP contribution < -0.4 is 4.90 Å². The highest BCUT2D eigenvalue weighted by Crippen LogP contribution is 2.31. The standard InChI is InChI=1S/C12H11N3S/c1-9-11(10-6-4-3-5-7-10)14-12(16-9)15(2)8-13/h3-7H,1-2H3. The van der Waals surface area contributed by atoms with E-state index in [1.165, 1.54) is 16.2 Å². The fraction of sp³-hybridized carbons (Fsp3) is 0.167. The number of aromatic nitrogens is 1. The van der Waals surface area contributed by atoms with Gasteiger partial charge in [0.15, 0.2) is 11.3 Å². The Balaban J connectivity index is 2.45. The maximum absolute atomic E-state index is 8.80. The van der Waals surface area contributed by atoms with Crippen LogP contribution in [0.5, 0.6) is 0 Å². The summed E-state index contributed by atoms with van der Waals surface area (Å²) < 4.78 is 0. The number of thiazole rings is 1. The first-order chi connectivity index (χ1) is 7.72. The van der Waals surface area contributed by atoms with E-state index in [1.54, 1.807) is 7.05 Å². The van der Waals surface area contributed by atoms with Crippen molar-refractivity contribution < 1.29 is 0 Å². The Labute approximate surface area is 98.6 Å². The SMILES string of the molecule is Cc1sc(N(C)C#N)nc1-c1ccccc1. The molecule has 0 atom stereocenters. The van der Waals surface area contributed by atoms with Gasteiger partial charge in [0, 0.05) is 17.5 Å². The van der Waals surface area contributed by atoms with E-state index >= 15 is 0 Å². The Bertz CT molecular complexity index is 525. The molecule has 0 aliphatic rings. The minimum atomic E-state index is 0.735. The molecule has 0 aliphatic carbocycles. The summed E-state index contributed by atoms with van der Waals surface area (Å²) in [4.78, 5) is 7.08. The average molecular weight is 229 g/mol. The summed E-state index contributed by atoms with van der Waals surface area (Å²) in [6, 6.07) is 10.0. The summed E-state index contributed by atoms with van der Waals surface area (Å²) in [5, 5.41) is 9.54. The van der Waals surface area contributed by atoms with Gasteiger partial charge in [-0.25, -0.2) is 4.98 Å². The summed E-state index contributed by atoms with van der Waals surface area (Å²) >= 11 is 1.53. The molecule has 16 heavy (non-hydrogen) atoms. The molecule has 0 radical (unpaired) electrons. The summed E-state index contributed by atoms with van der Waals surface area (Å²) in [7, 11) is 1.72. The summed E-state index contributed by atoms with van der Waals surface area (Å²) in [5.74, 6) is 0. The molecule has 4 heteroatoms. The number of hydrogen-bond acceptors (Lipinski definition) is 4. The van der Waals surface area contributed by atoms with Crippen molar-refractivity contribution in [3.8, 4) is 17.5 Å². The quantitative estimate of drug-likeness (QED) is 0.587. The molecule has 0 bridgehead atoms. The van der Waals surface area contributed by atoms with E-state index in [0.717, 1.165) is 21.3 Å². The van der Waals surface area contributed by atoms with Gasteiger partial charge in [-0.1, -0.05) is 30.3 Å². The molecule has 1 aromatic carbocycles. The predicted octanol–water partition coefficient (Wildman–Crippen LogP) is 3.04. The van der Waals surface area contributed by atoms with Crippen molar-refractivity contribution in [3.05, 3.63) is 35.2 Å². The van der Waals surface area contributed by atoms with Crippen LogP contribution in [-0.4, -0.2) is 12.0 Å². The van der Waals surface area contributed by atoms with Crippen LogP contribution >= 0.6 is 11.3 Å². The Morgan fingerprint density at radius 1 is 1.31 bits per heavy atom. The second kappa shape index (κ2) is 4.33. The average Bonchev–Trinajstić information content (AvgIpc) is 2.71. The molecule has 2 aromatic rings. The monoisotopic (exact) mass is 229 g/mol. The molecule has 80 valence electrons. The van der Waals surface area contributed by atoms with Crippen molar-refractivity contribution in [1.82, 2.24) is 4.98 Å². The van der Waals surface area contributed by atoms with Gasteiger partial charge in [-0.2, -0.15) is 5.26 Å². The lowest BCUT2D eigenvalue weighted by Gasteiger charge is -2.01. The van der Waals surface area contributed by atoms with Gasteiger partial charge in [-0.15, -0.1) is 11.3 Å². The van der Waals surface area contributed by atoms with Crippen LogP contribution in [0, 0.1) is 18.4 Å². The van der Waals surface area contributed by atoms with Crippen LogP contribution in [0.25, 0.3) is 11.3 Å². The van der Waals surface area contributed by atoms with Crippen molar-refractivity contribution in [2.24, 2.45) is 0 Å². The minimum absolute atomic E-state index is 0.735. The van der Waals surface area contributed by atoms with Gasteiger partial charge in [-0.05, 0) is 6.92 Å². The van der Waals surface area contributed by atoms with E-state index in [2.05, 4.69) is 11.2 Å². The molecule has 0 saturated carbocycles.